The van der Waals surface area contributed by atoms with E-state index in [9.17, 15) is 14.4 Å². The molecule has 0 unspecified atom stereocenters. The van der Waals surface area contributed by atoms with Crippen LogP contribution < -0.4 is 5.32 Å². The number of halogens is 1. The number of amides is 3. The van der Waals surface area contributed by atoms with Crippen molar-refractivity contribution in [3.63, 3.8) is 0 Å². The minimum Gasteiger partial charge on any atom is -0.350 e. The van der Waals surface area contributed by atoms with Crippen LogP contribution >= 0.6 is 15.9 Å². The lowest BCUT2D eigenvalue weighted by Crippen LogP contribution is -2.40. The van der Waals surface area contributed by atoms with Crippen LogP contribution in [0, 0.1) is 0 Å². The average Bonchev–Trinajstić information content (AvgIpc) is 2.84. The molecule has 0 radical (unpaired) electrons. The zero-order chi connectivity index (χ0) is 19.8. The Bertz CT molecular complexity index is 937. The third-order valence-corrected chi connectivity index (χ3v) is 4.70. The van der Waals surface area contributed by atoms with E-state index in [1.54, 1.807) is 24.4 Å². The van der Waals surface area contributed by atoms with Gasteiger partial charge in [-0.3, -0.25) is 19.3 Å². The third-order valence-electron chi connectivity index (χ3n) is 4.21. The molecular weight excluding hydrogens is 412 g/mol. The summed E-state index contributed by atoms with van der Waals surface area (Å²) < 4.78 is 0.701. The van der Waals surface area contributed by atoms with Gasteiger partial charge in [0.2, 0.25) is 5.91 Å². The van der Waals surface area contributed by atoms with Gasteiger partial charge in [-0.1, -0.05) is 36.7 Å². The van der Waals surface area contributed by atoms with Crippen molar-refractivity contribution >= 4 is 33.7 Å². The second kappa shape index (κ2) is 7.19. The molecule has 1 aromatic heterocycles. The number of rotatable bonds is 4. The van der Waals surface area contributed by atoms with Crippen LogP contribution in [0.4, 0.5) is 0 Å². The van der Waals surface area contributed by atoms with E-state index in [1.165, 1.54) is 6.33 Å². The highest BCUT2D eigenvalue weighted by molar-refractivity contribution is 9.10. The van der Waals surface area contributed by atoms with E-state index in [-0.39, 0.29) is 18.5 Å². The van der Waals surface area contributed by atoms with Gasteiger partial charge in [0.05, 0.1) is 16.8 Å². The largest absolute Gasteiger partial charge is 0.350 e. The quantitative estimate of drug-likeness (QED) is 0.751. The summed E-state index contributed by atoms with van der Waals surface area (Å²) in [6.07, 6.45) is 3.14. The molecule has 0 saturated heterocycles. The Morgan fingerprint density at radius 2 is 1.89 bits per heavy atom. The van der Waals surface area contributed by atoms with Crippen LogP contribution in [0.1, 0.15) is 52.7 Å². The summed E-state index contributed by atoms with van der Waals surface area (Å²) >= 11 is 3.28. The molecule has 1 aliphatic rings. The second-order valence-electron chi connectivity index (χ2n) is 7.31. The zero-order valence-electron chi connectivity index (χ0n) is 15.2. The summed E-state index contributed by atoms with van der Waals surface area (Å²) in [4.78, 5) is 46.5. The number of aromatic nitrogens is 2. The minimum absolute atomic E-state index is 0.196. The molecule has 140 valence electrons. The first-order valence-electron chi connectivity index (χ1n) is 8.40. The number of imide groups is 1. The summed E-state index contributed by atoms with van der Waals surface area (Å²) in [6, 6.07) is 4.86. The number of carbonyl (C=O) groups excluding carboxylic acids is 3. The molecule has 0 saturated carbocycles. The predicted octanol–water partition coefficient (Wildman–Crippen LogP) is 2.45. The van der Waals surface area contributed by atoms with Crippen LogP contribution in [0.2, 0.25) is 0 Å². The first kappa shape index (κ1) is 19.2. The number of fused-ring (bicyclic) bond motifs is 1. The van der Waals surface area contributed by atoms with Gasteiger partial charge in [0.25, 0.3) is 11.8 Å². The number of nitrogens with one attached hydrogen (secondary N) is 1. The van der Waals surface area contributed by atoms with Crippen molar-refractivity contribution in [2.24, 2.45) is 0 Å². The molecule has 3 amide bonds. The molecule has 0 spiro atoms. The van der Waals surface area contributed by atoms with Gasteiger partial charge in [-0.15, -0.1) is 0 Å². The highest BCUT2D eigenvalue weighted by Crippen LogP contribution is 2.26. The van der Waals surface area contributed by atoms with Gasteiger partial charge in [0.15, 0.2) is 0 Å². The second-order valence-corrected chi connectivity index (χ2v) is 8.23. The summed E-state index contributed by atoms with van der Waals surface area (Å²) in [5, 5.41) is 2.74. The number of hydrogen-bond donors (Lipinski definition) is 1. The molecule has 1 N–H and O–H groups in total. The first-order valence-corrected chi connectivity index (χ1v) is 9.19. The van der Waals surface area contributed by atoms with Gasteiger partial charge in [-0.05, 0) is 18.2 Å². The lowest BCUT2D eigenvalue weighted by atomic mass is 9.89. The van der Waals surface area contributed by atoms with Gasteiger partial charge in [0, 0.05) is 28.2 Å². The molecule has 7 nitrogen and oxygen atoms in total. The average molecular weight is 431 g/mol. The van der Waals surface area contributed by atoms with Crippen molar-refractivity contribution in [2.75, 3.05) is 6.54 Å². The van der Waals surface area contributed by atoms with Crippen LogP contribution in [0.3, 0.4) is 0 Å². The van der Waals surface area contributed by atoms with Crippen LogP contribution in [-0.4, -0.2) is 39.1 Å². The summed E-state index contributed by atoms with van der Waals surface area (Å²) in [5.74, 6) is -1.35. The number of carbonyl (C=O) groups is 3. The van der Waals surface area contributed by atoms with Crippen LogP contribution in [0.25, 0.3) is 0 Å². The van der Waals surface area contributed by atoms with Crippen molar-refractivity contribution in [1.82, 2.24) is 20.2 Å². The van der Waals surface area contributed by atoms with Crippen LogP contribution in [0.15, 0.2) is 35.2 Å². The van der Waals surface area contributed by atoms with E-state index in [1.807, 2.05) is 20.8 Å². The van der Waals surface area contributed by atoms with Crippen molar-refractivity contribution < 1.29 is 14.4 Å². The smallest absolute Gasteiger partial charge is 0.262 e. The van der Waals surface area contributed by atoms with E-state index in [0.717, 1.165) is 16.2 Å². The number of benzene rings is 1. The number of nitrogens with zero attached hydrogens (tertiary/aromatic N) is 3. The summed E-state index contributed by atoms with van der Waals surface area (Å²) in [7, 11) is 0. The van der Waals surface area contributed by atoms with Gasteiger partial charge < -0.3 is 5.32 Å². The normalized spacial score (nSPS) is 13.7. The molecule has 1 aromatic carbocycles. The maximum Gasteiger partial charge on any atom is 0.262 e. The van der Waals surface area contributed by atoms with Crippen molar-refractivity contribution in [1.29, 1.82) is 0 Å². The van der Waals surface area contributed by atoms with Crippen LogP contribution in [0.5, 0.6) is 0 Å². The SMILES string of the molecule is CC(C)(C)c1ncncc1CNC(=O)CN1C(=O)c2ccc(Br)cc2C1=O. The van der Waals surface area contributed by atoms with E-state index < -0.39 is 17.7 Å². The topological polar surface area (TPSA) is 92.3 Å². The molecular formula is C19H19BrN4O3. The monoisotopic (exact) mass is 430 g/mol. The van der Waals surface area contributed by atoms with E-state index in [2.05, 4.69) is 31.2 Å². The lowest BCUT2D eigenvalue weighted by Gasteiger charge is -2.21. The highest BCUT2D eigenvalue weighted by Gasteiger charge is 2.36. The molecule has 0 atom stereocenters. The standard InChI is InChI=1S/C19H19BrN4O3/c1-19(2,3)16-11(7-21-10-23-16)8-22-15(25)9-24-17(26)13-5-4-12(20)6-14(13)18(24)27/h4-7,10H,8-9H2,1-3H3,(H,22,25). The minimum atomic E-state index is -0.468. The molecule has 8 heteroatoms. The first-order chi connectivity index (χ1) is 12.7. The molecule has 27 heavy (non-hydrogen) atoms. The molecule has 1 aliphatic heterocycles. The summed E-state index contributed by atoms with van der Waals surface area (Å²) in [5.41, 5.74) is 2.04. The molecule has 0 aliphatic carbocycles. The molecule has 0 bridgehead atoms. The Hall–Kier alpha value is -2.61. The fraction of sp³-hybridized carbons (Fsp3) is 0.316. The molecule has 3 rings (SSSR count). The molecule has 2 heterocycles. The van der Waals surface area contributed by atoms with Crippen LogP contribution in [-0.2, 0) is 16.8 Å². The maximum absolute atomic E-state index is 12.4. The lowest BCUT2D eigenvalue weighted by molar-refractivity contribution is -0.121. The maximum atomic E-state index is 12.4. The van der Waals surface area contributed by atoms with Crippen molar-refractivity contribution in [2.45, 2.75) is 32.7 Å². The Morgan fingerprint density at radius 1 is 1.19 bits per heavy atom. The van der Waals surface area contributed by atoms with Gasteiger partial charge in [0.1, 0.15) is 12.9 Å². The van der Waals surface area contributed by atoms with E-state index in [4.69, 9.17) is 0 Å². The van der Waals surface area contributed by atoms with E-state index in [0.29, 0.717) is 15.6 Å². The predicted molar refractivity (Wildman–Crippen MR) is 102 cm³/mol. The highest BCUT2D eigenvalue weighted by atomic mass is 79.9. The summed E-state index contributed by atoms with van der Waals surface area (Å²) in [6.45, 7) is 5.97. The Morgan fingerprint density at radius 3 is 2.59 bits per heavy atom. The third kappa shape index (κ3) is 3.90. The molecule has 2 aromatic rings. The van der Waals surface area contributed by atoms with Gasteiger partial charge in [-0.25, -0.2) is 9.97 Å². The van der Waals surface area contributed by atoms with E-state index >= 15 is 0 Å². The molecule has 0 fully saturated rings. The Kier molecular flexibility index (Phi) is 5.10. The van der Waals surface area contributed by atoms with Crippen molar-refractivity contribution in [3.05, 3.63) is 57.6 Å². The van der Waals surface area contributed by atoms with Gasteiger partial charge in [-0.2, -0.15) is 0 Å². The zero-order valence-corrected chi connectivity index (χ0v) is 16.8. The Labute approximate surface area is 165 Å². The van der Waals surface area contributed by atoms with Gasteiger partial charge >= 0.3 is 0 Å². The number of hydrogen-bond acceptors (Lipinski definition) is 5. The fourth-order valence-corrected chi connectivity index (χ4v) is 3.32. The fourth-order valence-electron chi connectivity index (χ4n) is 2.96. The van der Waals surface area contributed by atoms with Crippen molar-refractivity contribution in [3.8, 4) is 0 Å². The Balaban J connectivity index is 1.68.